The zero-order valence-electron chi connectivity index (χ0n) is 9.22. The molecule has 2 amide bonds. The number of hydrogen-bond donors (Lipinski definition) is 2. The van der Waals surface area contributed by atoms with E-state index < -0.39 is 0 Å². The van der Waals surface area contributed by atoms with E-state index in [2.05, 4.69) is 10.6 Å². The van der Waals surface area contributed by atoms with Gasteiger partial charge in [0.15, 0.2) is 0 Å². The molecule has 4 nitrogen and oxygen atoms in total. The molecule has 17 heavy (non-hydrogen) atoms. The van der Waals surface area contributed by atoms with Gasteiger partial charge in [0.25, 0.3) is 5.91 Å². The highest BCUT2D eigenvalue weighted by Gasteiger charge is 2.10. The van der Waals surface area contributed by atoms with Crippen LogP contribution in [0.25, 0.3) is 0 Å². The number of carbonyl (C=O) groups is 2. The highest BCUT2D eigenvalue weighted by Crippen LogP contribution is 2.20. The van der Waals surface area contributed by atoms with Gasteiger partial charge in [0.05, 0.1) is 10.6 Å². The van der Waals surface area contributed by atoms with Crippen LogP contribution in [0, 0.1) is 0 Å². The first kappa shape index (κ1) is 13.8. The van der Waals surface area contributed by atoms with Crippen molar-refractivity contribution in [2.24, 2.45) is 0 Å². The molecule has 0 aliphatic carbocycles. The Morgan fingerprint density at radius 2 is 1.82 bits per heavy atom. The highest BCUT2D eigenvalue weighted by atomic mass is 35.5. The van der Waals surface area contributed by atoms with Crippen molar-refractivity contribution in [2.75, 3.05) is 13.1 Å². The largest absolute Gasteiger partial charge is 0.355 e. The van der Waals surface area contributed by atoms with Crippen LogP contribution < -0.4 is 10.6 Å². The van der Waals surface area contributed by atoms with Crippen LogP contribution in [0.3, 0.4) is 0 Å². The van der Waals surface area contributed by atoms with Gasteiger partial charge in [-0.3, -0.25) is 9.59 Å². The van der Waals surface area contributed by atoms with Crippen molar-refractivity contribution >= 4 is 35.0 Å². The molecule has 0 aliphatic heterocycles. The van der Waals surface area contributed by atoms with Crippen LogP contribution in [0.2, 0.25) is 10.0 Å². The molecule has 2 N–H and O–H groups in total. The van der Waals surface area contributed by atoms with Crippen LogP contribution in [0.1, 0.15) is 17.3 Å². The molecule has 0 bridgehead atoms. The van der Waals surface area contributed by atoms with Crippen LogP contribution in [0.4, 0.5) is 0 Å². The maximum atomic E-state index is 11.7. The predicted octanol–water partition coefficient (Wildman–Crippen LogP) is 1.86. The van der Waals surface area contributed by atoms with Gasteiger partial charge in [-0.15, -0.1) is 0 Å². The van der Waals surface area contributed by atoms with Crippen LogP contribution >= 0.6 is 23.2 Å². The van der Waals surface area contributed by atoms with E-state index in [0.717, 1.165) is 0 Å². The Hall–Kier alpha value is -1.26. The number of rotatable bonds is 4. The van der Waals surface area contributed by atoms with Gasteiger partial charge < -0.3 is 10.6 Å². The lowest BCUT2D eigenvalue weighted by Crippen LogP contribution is -2.33. The van der Waals surface area contributed by atoms with E-state index in [0.29, 0.717) is 28.7 Å². The average molecular weight is 275 g/mol. The zero-order valence-corrected chi connectivity index (χ0v) is 10.7. The molecular weight excluding hydrogens is 263 g/mol. The van der Waals surface area contributed by atoms with E-state index in [1.165, 1.54) is 13.0 Å². The lowest BCUT2D eigenvalue weighted by Gasteiger charge is -2.07. The summed E-state index contributed by atoms with van der Waals surface area (Å²) >= 11 is 11.6. The molecule has 0 saturated heterocycles. The van der Waals surface area contributed by atoms with Crippen LogP contribution in [-0.2, 0) is 4.79 Å². The molecule has 0 radical (unpaired) electrons. The molecule has 1 rings (SSSR count). The van der Waals surface area contributed by atoms with Gasteiger partial charge in [-0.05, 0) is 18.2 Å². The van der Waals surface area contributed by atoms with Crippen LogP contribution in [0.5, 0.6) is 0 Å². The first-order chi connectivity index (χ1) is 8.00. The van der Waals surface area contributed by atoms with Gasteiger partial charge in [-0.25, -0.2) is 0 Å². The molecule has 0 atom stereocenters. The van der Waals surface area contributed by atoms with Crippen LogP contribution in [0.15, 0.2) is 18.2 Å². The smallest absolute Gasteiger partial charge is 0.252 e. The van der Waals surface area contributed by atoms with Crippen molar-refractivity contribution in [3.05, 3.63) is 33.8 Å². The lowest BCUT2D eigenvalue weighted by molar-refractivity contribution is -0.118. The summed E-state index contributed by atoms with van der Waals surface area (Å²) < 4.78 is 0. The quantitative estimate of drug-likeness (QED) is 0.824. The maximum Gasteiger partial charge on any atom is 0.252 e. The summed E-state index contributed by atoms with van der Waals surface area (Å²) in [7, 11) is 0. The van der Waals surface area contributed by atoms with Crippen molar-refractivity contribution in [3.8, 4) is 0 Å². The predicted molar refractivity (Wildman–Crippen MR) is 67.5 cm³/mol. The molecule has 0 fully saturated rings. The minimum atomic E-state index is -0.317. The Labute approximate surface area is 109 Å². The number of hydrogen-bond acceptors (Lipinski definition) is 2. The van der Waals surface area contributed by atoms with E-state index in [1.807, 2.05) is 0 Å². The summed E-state index contributed by atoms with van der Waals surface area (Å²) in [4.78, 5) is 22.3. The lowest BCUT2D eigenvalue weighted by atomic mass is 10.2. The Balaban J connectivity index is 2.52. The third-order valence-corrected chi connectivity index (χ3v) is 2.52. The SMILES string of the molecule is CC(=O)NCCNC(=O)c1cc(Cl)ccc1Cl. The van der Waals surface area contributed by atoms with Crippen molar-refractivity contribution in [2.45, 2.75) is 6.92 Å². The third kappa shape index (κ3) is 4.63. The summed E-state index contributed by atoms with van der Waals surface area (Å²) in [6.45, 7) is 2.12. The Morgan fingerprint density at radius 1 is 1.18 bits per heavy atom. The standard InChI is InChI=1S/C11H12Cl2N2O2/c1-7(16)14-4-5-15-11(17)9-6-8(12)2-3-10(9)13/h2-3,6H,4-5H2,1H3,(H,14,16)(H,15,17). The molecule has 92 valence electrons. The zero-order chi connectivity index (χ0) is 12.8. The first-order valence-electron chi connectivity index (χ1n) is 4.98. The van der Waals surface area contributed by atoms with Crippen molar-refractivity contribution < 1.29 is 9.59 Å². The van der Waals surface area contributed by atoms with E-state index >= 15 is 0 Å². The van der Waals surface area contributed by atoms with Gasteiger partial charge in [0.1, 0.15) is 0 Å². The number of benzene rings is 1. The number of carbonyl (C=O) groups excluding carboxylic acids is 2. The summed E-state index contributed by atoms with van der Waals surface area (Å²) in [6, 6.07) is 4.67. The monoisotopic (exact) mass is 274 g/mol. The van der Waals surface area contributed by atoms with Crippen molar-refractivity contribution in [1.82, 2.24) is 10.6 Å². The van der Waals surface area contributed by atoms with Crippen LogP contribution in [-0.4, -0.2) is 24.9 Å². The minimum absolute atomic E-state index is 0.139. The molecule has 1 aromatic rings. The summed E-state index contributed by atoms with van der Waals surface area (Å²) in [5, 5.41) is 5.98. The van der Waals surface area contributed by atoms with Gasteiger partial charge in [-0.2, -0.15) is 0 Å². The molecular formula is C11H12Cl2N2O2. The van der Waals surface area contributed by atoms with Gasteiger partial charge in [0.2, 0.25) is 5.91 Å². The summed E-state index contributed by atoms with van der Waals surface area (Å²) in [5.74, 6) is -0.456. The van der Waals surface area contributed by atoms with E-state index in [1.54, 1.807) is 12.1 Å². The van der Waals surface area contributed by atoms with Crippen molar-refractivity contribution in [1.29, 1.82) is 0 Å². The average Bonchev–Trinajstić information content (AvgIpc) is 2.27. The number of amides is 2. The second kappa shape index (κ2) is 6.47. The fraction of sp³-hybridized carbons (Fsp3) is 0.273. The highest BCUT2D eigenvalue weighted by molar-refractivity contribution is 6.35. The maximum absolute atomic E-state index is 11.7. The molecule has 0 saturated carbocycles. The molecule has 0 unspecified atom stereocenters. The van der Waals surface area contributed by atoms with Crippen molar-refractivity contribution in [3.63, 3.8) is 0 Å². The minimum Gasteiger partial charge on any atom is -0.355 e. The van der Waals surface area contributed by atoms with E-state index in [4.69, 9.17) is 23.2 Å². The second-order valence-corrected chi connectivity index (χ2v) is 4.21. The van der Waals surface area contributed by atoms with Gasteiger partial charge in [0, 0.05) is 25.0 Å². The Bertz CT molecular complexity index is 435. The number of halogens is 2. The fourth-order valence-corrected chi connectivity index (χ4v) is 1.56. The van der Waals surface area contributed by atoms with E-state index in [9.17, 15) is 9.59 Å². The third-order valence-electron chi connectivity index (χ3n) is 1.96. The molecule has 0 spiro atoms. The fourth-order valence-electron chi connectivity index (χ4n) is 1.18. The normalized spacial score (nSPS) is 9.82. The Kier molecular flexibility index (Phi) is 5.25. The number of nitrogens with one attached hydrogen (secondary N) is 2. The molecule has 6 heteroatoms. The topological polar surface area (TPSA) is 58.2 Å². The second-order valence-electron chi connectivity index (χ2n) is 3.36. The molecule has 1 aromatic carbocycles. The molecule has 0 heterocycles. The summed E-state index contributed by atoms with van der Waals surface area (Å²) in [6.07, 6.45) is 0. The first-order valence-corrected chi connectivity index (χ1v) is 5.74. The molecule has 0 aromatic heterocycles. The van der Waals surface area contributed by atoms with Gasteiger partial charge >= 0.3 is 0 Å². The van der Waals surface area contributed by atoms with E-state index in [-0.39, 0.29) is 11.8 Å². The molecule has 0 aliphatic rings. The summed E-state index contributed by atoms with van der Waals surface area (Å²) in [5.41, 5.74) is 0.321. The van der Waals surface area contributed by atoms with Gasteiger partial charge in [-0.1, -0.05) is 23.2 Å². The Morgan fingerprint density at radius 3 is 2.47 bits per heavy atom.